The van der Waals surface area contributed by atoms with Crippen LogP contribution in [0.4, 0.5) is 5.69 Å². The van der Waals surface area contributed by atoms with E-state index < -0.39 is 0 Å². The number of nitrogens with two attached hydrogens (primary N) is 1. The van der Waals surface area contributed by atoms with E-state index >= 15 is 0 Å². The van der Waals surface area contributed by atoms with Crippen molar-refractivity contribution in [2.24, 2.45) is 0 Å². The monoisotopic (exact) mass is 223 g/mol. The minimum Gasteiger partial charge on any atom is -0.483 e. The van der Waals surface area contributed by atoms with Gasteiger partial charge in [0.25, 0.3) is 0 Å². The second kappa shape index (κ2) is 4.28. The fraction of sp³-hybridized carbons (Fsp3) is 0.0909. The average Bonchev–Trinajstić information content (AvgIpc) is 2.73. The van der Waals surface area contributed by atoms with E-state index in [1.165, 1.54) is 0 Å². The largest absolute Gasteiger partial charge is 0.483 e. The molecule has 0 aliphatic rings. The van der Waals surface area contributed by atoms with E-state index in [1.807, 2.05) is 6.07 Å². The summed E-state index contributed by atoms with van der Waals surface area (Å²) in [5, 5.41) is 0.493. The van der Waals surface area contributed by atoms with Gasteiger partial charge in [-0.25, -0.2) is 0 Å². The summed E-state index contributed by atoms with van der Waals surface area (Å²) in [5.41, 5.74) is 6.18. The van der Waals surface area contributed by atoms with Gasteiger partial charge in [0.05, 0.1) is 17.0 Å². The molecule has 0 aliphatic heterocycles. The molecule has 0 atom stereocenters. The van der Waals surface area contributed by atoms with Crippen LogP contribution in [0.3, 0.4) is 0 Å². The quantitative estimate of drug-likeness (QED) is 0.814. The number of anilines is 1. The first-order chi connectivity index (χ1) is 7.27. The molecule has 78 valence electrons. The third-order valence-electron chi connectivity index (χ3n) is 1.96. The SMILES string of the molecule is Nc1c(Cl)cccc1OCc1ccco1. The molecule has 0 saturated carbocycles. The van der Waals surface area contributed by atoms with Crippen LogP contribution in [0.15, 0.2) is 41.0 Å². The Morgan fingerprint density at radius 2 is 2.13 bits per heavy atom. The predicted molar refractivity (Wildman–Crippen MR) is 58.9 cm³/mol. The number of ether oxygens (including phenoxy) is 1. The number of hydrogen-bond donors (Lipinski definition) is 1. The molecule has 1 aromatic heterocycles. The van der Waals surface area contributed by atoms with Crippen LogP contribution in [-0.4, -0.2) is 0 Å². The zero-order valence-electron chi connectivity index (χ0n) is 7.94. The van der Waals surface area contributed by atoms with Crippen LogP contribution < -0.4 is 10.5 Å². The normalized spacial score (nSPS) is 10.2. The molecule has 0 unspecified atom stereocenters. The van der Waals surface area contributed by atoms with Crippen molar-refractivity contribution in [2.45, 2.75) is 6.61 Å². The first-order valence-electron chi connectivity index (χ1n) is 4.46. The zero-order chi connectivity index (χ0) is 10.7. The van der Waals surface area contributed by atoms with E-state index in [1.54, 1.807) is 30.5 Å². The van der Waals surface area contributed by atoms with E-state index in [0.717, 1.165) is 5.76 Å². The van der Waals surface area contributed by atoms with Crippen molar-refractivity contribution in [1.29, 1.82) is 0 Å². The molecule has 2 rings (SSSR count). The summed E-state index contributed by atoms with van der Waals surface area (Å²) in [7, 11) is 0. The summed E-state index contributed by atoms with van der Waals surface area (Å²) >= 11 is 5.85. The van der Waals surface area contributed by atoms with E-state index in [0.29, 0.717) is 23.1 Å². The summed E-state index contributed by atoms with van der Waals surface area (Å²) in [6.45, 7) is 0.345. The molecule has 2 N–H and O–H groups in total. The standard InChI is InChI=1S/C11H10ClNO2/c12-9-4-1-5-10(11(9)13)15-7-8-3-2-6-14-8/h1-6H,7,13H2. The van der Waals surface area contributed by atoms with Crippen molar-refractivity contribution in [3.8, 4) is 5.75 Å². The summed E-state index contributed by atoms with van der Waals surface area (Å²) in [6.07, 6.45) is 1.60. The highest BCUT2D eigenvalue weighted by Crippen LogP contribution is 2.29. The lowest BCUT2D eigenvalue weighted by atomic mass is 10.3. The third kappa shape index (κ3) is 2.25. The smallest absolute Gasteiger partial charge is 0.146 e. The van der Waals surface area contributed by atoms with E-state index in [-0.39, 0.29) is 0 Å². The molecule has 1 heterocycles. The van der Waals surface area contributed by atoms with Crippen LogP contribution in [0, 0.1) is 0 Å². The van der Waals surface area contributed by atoms with Gasteiger partial charge in [0.1, 0.15) is 18.1 Å². The van der Waals surface area contributed by atoms with Gasteiger partial charge in [-0.2, -0.15) is 0 Å². The van der Waals surface area contributed by atoms with E-state index in [4.69, 9.17) is 26.5 Å². The highest BCUT2D eigenvalue weighted by Gasteiger charge is 2.04. The Hall–Kier alpha value is -1.61. The minimum atomic E-state index is 0.345. The van der Waals surface area contributed by atoms with Crippen molar-refractivity contribution in [2.75, 3.05) is 5.73 Å². The molecule has 0 saturated heterocycles. The molecule has 1 aromatic carbocycles. The van der Waals surface area contributed by atoms with Crippen LogP contribution in [0.25, 0.3) is 0 Å². The maximum Gasteiger partial charge on any atom is 0.146 e. The molecule has 0 bridgehead atoms. The Bertz CT molecular complexity index is 440. The highest BCUT2D eigenvalue weighted by molar-refractivity contribution is 6.33. The van der Waals surface area contributed by atoms with Crippen molar-refractivity contribution in [1.82, 2.24) is 0 Å². The Morgan fingerprint density at radius 1 is 1.27 bits per heavy atom. The molecule has 3 nitrogen and oxygen atoms in total. The van der Waals surface area contributed by atoms with Gasteiger partial charge in [-0.3, -0.25) is 0 Å². The van der Waals surface area contributed by atoms with Gasteiger partial charge in [0.2, 0.25) is 0 Å². The molecule has 0 fully saturated rings. The fourth-order valence-corrected chi connectivity index (χ4v) is 1.35. The van der Waals surface area contributed by atoms with Crippen LogP contribution in [-0.2, 0) is 6.61 Å². The number of hydrogen-bond acceptors (Lipinski definition) is 3. The van der Waals surface area contributed by atoms with Gasteiger partial charge in [0.15, 0.2) is 0 Å². The minimum absolute atomic E-state index is 0.345. The maximum absolute atomic E-state index is 5.85. The van der Waals surface area contributed by atoms with Crippen molar-refractivity contribution in [3.05, 3.63) is 47.4 Å². The Balaban J connectivity index is 2.08. The lowest BCUT2D eigenvalue weighted by Crippen LogP contribution is -1.98. The van der Waals surface area contributed by atoms with Crippen molar-refractivity contribution < 1.29 is 9.15 Å². The van der Waals surface area contributed by atoms with Crippen molar-refractivity contribution >= 4 is 17.3 Å². The maximum atomic E-state index is 5.85. The molecule has 0 spiro atoms. The molecule has 0 radical (unpaired) electrons. The van der Waals surface area contributed by atoms with Crippen LogP contribution in [0.1, 0.15) is 5.76 Å². The molecule has 4 heteroatoms. The lowest BCUT2D eigenvalue weighted by molar-refractivity contribution is 0.272. The van der Waals surface area contributed by atoms with Gasteiger partial charge in [-0.1, -0.05) is 17.7 Å². The Kier molecular flexibility index (Phi) is 2.83. The third-order valence-corrected chi connectivity index (χ3v) is 2.29. The number of para-hydroxylation sites is 1. The van der Waals surface area contributed by atoms with Gasteiger partial charge in [-0.15, -0.1) is 0 Å². The van der Waals surface area contributed by atoms with Gasteiger partial charge < -0.3 is 14.9 Å². The lowest BCUT2D eigenvalue weighted by Gasteiger charge is -2.07. The van der Waals surface area contributed by atoms with Crippen LogP contribution >= 0.6 is 11.6 Å². The zero-order valence-corrected chi connectivity index (χ0v) is 8.70. The van der Waals surface area contributed by atoms with Crippen LogP contribution in [0.5, 0.6) is 5.75 Å². The first kappa shape index (κ1) is 9.93. The fourth-order valence-electron chi connectivity index (χ4n) is 1.19. The summed E-state index contributed by atoms with van der Waals surface area (Å²) in [4.78, 5) is 0. The molecule has 15 heavy (non-hydrogen) atoms. The Labute approximate surface area is 92.4 Å². The highest BCUT2D eigenvalue weighted by atomic mass is 35.5. The topological polar surface area (TPSA) is 48.4 Å². The van der Waals surface area contributed by atoms with Gasteiger partial charge >= 0.3 is 0 Å². The van der Waals surface area contributed by atoms with E-state index in [2.05, 4.69) is 0 Å². The molecule has 0 aliphatic carbocycles. The first-order valence-corrected chi connectivity index (χ1v) is 4.84. The molecule has 2 aromatic rings. The van der Waals surface area contributed by atoms with Gasteiger partial charge in [0, 0.05) is 0 Å². The summed E-state index contributed by atoms with van der Waals surface area (Å²) < 4.78 is 10.6. The average molecular weight is 224 g/mol. The van der Waals surface area contributed by atoms with Crippen LogP contribution in [0.2, 0.25) is 5.02 Å². The molecular weight excluding hydrogens is 214 g/mol. The van der Waals surface area contributed by atoms with E-state index in [9.17, 15) is 0 Å². The van der Waals surface area contributed by atoms with Gasteiger partial charge in [-0.05, 0) is 24.3 Å². The summed E-state index contributed by atoms with van der Waals surface area (Å²) in [6, 6.07) is 8.91. The molecule has 0 amide bonds. The molecular formula is C11H10ClNO2. The second-order valence-corrected chi connectivity index (χ2v) is 3.43. The number of rotatable bonds is 3. The van der Waals surface area contributed by atoms with Crippen molar-refractivity contribution in [3.63, 3.8) is 0 Å². The number of halogens is 1. The number of benzene rings is 1. The second-order valence-electron chi connectivity index (χ2n) is 3.02. The number of furan rings is 1. The number of nitrogen functional groups attached to an aromatic ring is 1. The predicted octanol–water partition coefficient (Wildman–Crippen LogP) is 3.09. The summed E-state index contributed by atoms with van der Waals surface area (Å²) in [5.74, 6) is 1.31. The Morgan fingerprint density at radius 3 is 2.87 bits per heavy atom.